The molecule has 3 aromatic rings. The van der Waals surface area contributed by atoms with Crippen LogP contribution >= 0.6 is 23.2 Å². The van der Waals surface area contributed by atoms with E-state index < -0.39 is 40.9 Å². The minimum Gasteiger partial charge on any atom is -0.495 e. The van der Waals surface area contributed by atoms with E-state index in [1.165, 1.54) is 31.4 Å². The predicted octanol–water partition coefficient (Wildman–Crippen LogP) is 6.92. The van der Waals surface area contributed by atoms with Crippen LogP contribution in [-0.4, -0.2) is 35.0 Å². The third-order valence-electron chi connectivity index (χ3n) is 8.17. The van der Waals surface area contributed by atoms with Crippen molar-refractivity contribution in [1.29, 1.82) is 0 Å². The van der Waals surface area contributed by atoms with Gasteiger partial charge in [0.15, 0.2) is 0 Å². The lowest BCUT2D eigenvalue weighted by Crippen LogP contribution is -2.46. The minimum atomic E-state index is -1.43. The predicted molar refractivity (Wildman–Crippen MR) is 158 cm³/mol. The molecule has 11 heteroatoms. The molecule has 1 fully saturated rings. The SMILES string of the molecule is COc1cc(C(=O)O)ccc1NC(=O)[C@@H]1C[C@@H](CC(C)(C)C)[C@@]2(C(=O)Nc3ccc(Cl)nc32)[C@H]1c1cccc(Cl)c1F. The van der Waals surface area contributed by atoms with Gasteiger partial charge >= 0.3 is 5.97 Å². The molecule has 1 aromatic heterocycles. The number of fused-ring (bicyclic) bond motifs is 2. The Bertz CT molecular complexity index is 1610. The molecular weight excluding hydrogens is 584 g/mol. The summed E-state index contributed by atoms with van der Waals surface area (Å²) < 4.78 is 21.3. The fraction of sp³-hybridized carbons (Fsp3) is 0.355. The number of hydrogen-bond acceptors (Lipinski definition) is 5. The van der Waals surface area contributed by atoms with Gasteiger partial charge in [0.25, 0.3) is 0 Å². The van der Waals surface area contributed by atoms with E-state index in [4.69, 9.17) is 27.9 Å². The molecule has 2 aliphatic rings. The number of aromatic nitrogens is 1. The first-order valence-electron chi connectivity index (χ1n) is 13.4. The molecule has 2 amide bonds. The summed E-state index contributed by atoms with van der Waals surface area (Å²) in [5, 5.41) is 15.2. The highest BCUT2D eigenvalue weighted by atomic mass is 35.5. The normalized spacial score (nSPS) is 23.0. The van der Waals surface area contributed by atoms with Gasteiger partial charge in [0, 0.05) is 11.8 Å². The monoisotopic (exact) mass is 613 g/mol. The molecule has 0 bridgehead atoms. The molecule has 220 valence electrons. The first kappa shape index (κ1) is 29.8. The van der Waals surface area contributed by atoms with Crippen LogP contribution in [0.15, 0.2) is 48.5 Å². The van der Waals surface area contributed by atoms with E-state index in [1.54, 1.807) is 24.3 Å². The summed E-state index contributed by atoms with van der Waals surface area (Å²) in [5.74, 6) is -4.94. The summed E-state index contributed by atoms with van der Waals surface area (Å²) in [6.45, 7) is 6.12. The van der Waals surface area contributed by atoms with Gasteiger partial charge in [0.1, 0.15) is 22.1 Å². The van der Waals surface area contributed by atoms with Crippen LogP contribution in [0.25, 0.3) is 0 Å². The van der Waals surface area contributed by atoms with Crippen LogP contribution in [-0.2, 0) is 15.0 Å². The van der Waals surface area contributed by atoms with Crippen molar-refractivity contribution in [2.24, 2.45) is 17.3 Å². The molecule has 2 heterocycles. The van der Waals surface area contributed by atoms with Gasteiger partial charge in [-0.3, -0.25) is 9.59 Å². The Labute approximate surface area is 252 Å². The number of nitrogens with zero attached hydrogens (tertiary/aromatic N) is 1. The van der Waals surface area contributed by atoms with Crippen LogP contribution in [0.5, 0.6) is 5.75 Å². The third-order valence-corrected chi connectivity index (χ3v) is 8.67. The van der Waals surface area contributed by atoms with Crippen molar-refractivity contribution >= 4 is 52.4 Å². The Morgan fingerprint density at radius 2 is 1.93 bits per heavy atom. The van der Waals surface area contributed by atoms with Crippen molar-refractivity contribution in [3.8, 4) is 5.75 Å². The largest absolute Gasteiger partial charge is 0.495 e. The molecule has 8 nitrogen and oxygen atoms in total. The first-order valence-corrected chi connectivity index (χ1v) is 14.2. The van der Waals surface area contributed by atoms with Crippen LogP contribution in [0.3, 0.4) is 0 Å². The number of carboxylic acid groups (broad SMARTS) is 1. The van der Waals surface area contributed by atoms with Crippen LogP contribution in [0, 0.1) is 23.1 Å². The molecule has 0 radical (unpaired) electrons. The lowest BCUT2D eigenvalue weighted by Gasteiger charge is -2.38. The third kappa shape index (κ3) is 4.98. The van der Waals surface area contributed by atoms with Crippen molar-refractivity contribution < 1.29 is 28.6 Å². The number of amides is 2. The Morgan fingerprint density at radius 1 is 1.19 bits per heavy atom. The van der Waals surface area contributed by atoms with Gasteiger partial charge in [-0.15, -0.1) is 0 Å². The Kier molecular flexibility index (Phi) is 7.70. The Hall–Kier alpha value is -3.69. The number of halogens is 3. The van der Waals surface area contributed by atoms with Crippen molar-refractivity contribution in [2.45, 2.75) is 44.9 Å². The van der Waals surface area contributed by atoms with Crippen molar-refractivity contribution in [2.75, 3.05) is 17.7 Å². The van der Waals surface area contributed by atoms with E-state index in [-0.39, 0.29) is 50.5 Å². The van der Waals surface area contributed by atoms with Gasteiger partial charge in [-0.1, -0.05) is 56.1 Å². The number of aromatic carboxylic acids is 1. The van der Waals surface area contributed by atoms with Crippen molar-refractivity contribution in [3.63, 3.8) is 0 Å². The number of pyridine rings is 1. The lowest BCUT2D eigenvalue weighted by atomic mass is 9.63. The average Bonchev–Trinajstić information content (AvgIpc) is 3.39. The fourth-order valence-corrected chi connectivity index (χ4v) is 7.00. The minimum absolute atomic E-state index is 0.0176. The molecule has 0 saturated heterocycles. The van der Waals surface area contributed by atoms with E-state index in [0.29, 0.717) is 17.8 Å². The van der Waals surface area contributed by atoms with Crippen LogP contribution < -0.4 is 15.4 Å². The molecule has 2 aromatic carbocycles. The molecule has 4 atom stereocenters. The Morgan fingerprint density at radius 3 is 2.60 bits per heavy atom. The summed E-state index contributed by atoms with van der Waals surface area (Å²) in [7, 11) is 1.36. The highest BCUT2D eigenvalue weighted by molar-refractivity contribution is 6.31. The smallest absolute Gasteiger partial charge is 0.335 e. The molecule has 1 aliphatic heterocycles. The van der Waals surface area contributed by atoms with E-state index in [2.05, 4.69) is 15.6 Å². The van der Waals surface area contributed by atoms with Gasteiger partial charge < -0.3 is 20.5 Å². The van der Waals surface area contributed by atoms with E-state index >= 15 is 4.39 Å². The summed E-state index contributed by atoms with van der Waals surface area (Å²) in [6, 6.07) is 11.9. The number of carboxylic acids is 1. The van der Waals surface area contributed by atoms with Crippen LogP contribution in [0.1, 0.15) is 61.1 Å². The second kappa shape index (κ2) is 10.9. The van der Waals surface area contributed by atoms with E-state index in [9.17, 15) is 19.5 Å². The summed E-state index contributed by atoms with van der Waals surface area (Å²) >= 11 is 12.6. The number of carbonyl (C=O) groups is 3. The lowest BCUT2D eigenvalue weighted by molar-refractivity contribution is -0.123. The molecule has 5 rings (SSSR count). The van der Waals surface area contributed by atoms with E-state index in [1.807, 2.05) is 20.8 Å². The highest BCUT2D eigenvalue weighted by Crippen LogP contribution is 2.63. The zero-order valence-corrected chi connectivity index (χ0v) is 24.9. The van der Waals surface area contributed by atoms with Crippen molar-refractivity contribution in [1.82, 2.24) is 4.98 Å². The van der Waals surface area contributed by atoms with Gasteiger partial charge in [0.2, 0.25) is 11.8 Å². The number of carbonyl (C=O) groups excluding carboxylic acids is 2. The Balaban J connectivity index is 1.71. The molecule has 1 aliphatic carbocycles. The summed E-state index contributed by atoms with van der Waals surface area (Å²) in [5.41, 5.74) is -0.521. The maximum atomic E-state index is 15.9. The standard InChI is InChI=1S/C31H30Cl2FN3O5/c1-30(2,3)14-16-13-18(27(38)35-20-9-8-15(28(39)40)12-22(20)42-4)24(17-6-5-7-19(32)25(17)34)31(16)26-21(36-29(31)41)10-11-23(33)37-26/h5-12,16,18,24H,13-14H2,1-4H3,(H,35,38)(H,36,41)(H,39,40)/t16-,18+,24-,31+/m0/s1. The summed E-state index contributed by atoms with van der Waals surface area (Å²) in [6.07, 6.45) is 0.753. The van der Waals surface area contributed by atoms with E-state index in [0.717, 1.165) is 0 Å². The van der Waals surface area contributed by atoms with Gasteiger partial charge in [-0.2, -0.15) is 0 Å². The molecule has 0 unspecified atom stereocenters. The number of anilines is 2. The van der Waals surface area contributed by atoms with Gasteiger partial charge in [0.05, 0.1) is 34.8 Å². The number of methoxy groups -OCH3 is 1. The van der Waals surface area contributed by atoms with Crippen LogP contribution in [0.2, 0.25) is 10.2 Å². The second-order valence-corrected chi connectivity index (χ2v) is 12.8. The molecule has 1 saturated carbocycles. The molecule has 3 N–H and O–H groups in total. The van der Waals surface area contributed by atoms with Gasteiger partial charge in [-0.05, 0) is 66.1 Å². The average molecular weight is 615 g/mol. The highest BCUT2D eigenvalue weighted by Gasteiger charge is 2.67. The molecule has 42 heavy (non-hydrogen) atoms. The number of ether oxygens (including phenoxy) is 1. The van der Waals surface area contributed by atoms with Crippen molar-refractivity contribution in [3.05, 3.63) is 81.3 Å². The second-order valence-electron chi connectivity index (χ2n) is 12.0. The molecule has 1 spiro atoms. The maximum Gasteiger partial charge on any atom is 0.335 e. The van der Waals surface area contributed by atoms with Gasteiger partial charge in [-0.25, -0.2) is 14.2 Å². The topological polar surface area (TPSA) is 118 Å². The quantitative estimate of drug-likeness (QED) is 0.260. The fourth-order valence-electron chi connectivity index (χ4n) is 6.67. The number of rotatable bonds is 6. The zero-order valence-electron chi connectivity index (χ0n) is 23.4. The number of hydrogen-bond donors (Lipinski definition) is 3. The molecular formula is C31H30Cl2FN3O5. The number of benzene rings is 2. The van der Waals surface area contributed by atoms with Crippen LogP contribution in [0.4, 0.5) is 15.8 Å². The zero-order chi connectivity index (χ0) is 30.6. The summed E-state index contributed by atoms with van der Waals surface area (Å²) in [4.78, 5) is 44.5. The maximum absolute atomic E-state index is 15.9. The number of nitrogens with one attached hydrogen (secondary N) is 2. The first-order chi connectivity index (χ1) is 19.8.